The number of fused-ring (bicyclic) bond motifs is 1. The van der Waals surface area contributed by atoms with Gasteiger partial charge in [0.2, 0.25) is 5.89 Å². The van der Waals surface area contributed by atoms with Crippen molar-refractivity contribution in [3.63, 3.8) is 0 Å². The monoisotopic (exact) mass is 287 g/mol. The maximum Gasteiger partial charge on any atom is 0.347 e. The summed E-state index contributed by atoms with van der Waals surface area (Å²) in [5.41, 5.74) is 0.736. The standard InChI is InChI=1S/C15H10ClNO3/c1-19-11-4-2-3-9(7-11)14-17-13-8-10(16)5-6-12(13)15(18)20-14/h2-8H,1H3. The fourth-order valence-electron chi connectivity index (χ4n) is 1.92. The molecule has 0 aliphatic heterocycles. The Bertz CT molecular complexity index is 842. The van der Waals surface area contributed by atoms with E-state index in [4.69, 9.17) is 20.8 Å². The van der Waals surface area contributed by atoms with Crippen molar-refractivity contribution in [3.05, 3.63) is 57.9 Å². The Morgan fingerprint density at radius 1 is 1.20 bits per heavy atom. The van der Waals surface area contributed by atoms with Crippen molar-refractivity contribution in [2.75, 3.05) is 7.11 Å². The molecule has 2 aromatic carbocycles. The molecule has 1 heterocycles. The summed E-state index contributed by atoms with van der Waals surface area (Å²) < 4.78 is 10.4. The molecule has 1 aromatic heterocycles. The number of hydrogen-bond donors (Lipinski definition) is 0. The number of methoxy groups -OCH3 is 1. The first-order valence-electron chi connectivity index (χ1n) is 5.92. The quantitative estimate of drug-likeness (QED) is 0.724. The lowest BCUT2D eigenvalue weighted by molar-refractivity contribution is 0.414. The maximum atomic E-state index is 12.0. The fraction of sp³-hybridized carbons (Fsp3) is 0.0667. The van der Waals surface area contributed by atoms with Crippen LogP contribution in [-0.4, -0.2) is 12.1 Å². The number of benzene rings is 2. The largest absolute Gasteiger partial charge is 0.497 e. The molecule has 0 fully saturated rings. The van der Waals surface area contributed by atoms with Crippen molar-refractivity contribution in [1.82, 2.24) is 4.98 Å². The Balaban J connectivity index is 2.23. The predicted molar refractivity (Wildman–Crippen MR) is 77.3 cm³/mol. The van der Waals surface area contributed by atoms with Gasteiger partial charge >= 0.3 is 5.63 Å². The number of rotatable bonds is 2. The van der Waals surface area contributed by atoms with Gasteiger partial charge in [0.15, 0.2) is 0 Å². The van der Waals surface area contributed by atoms with Crippen LogP contribution in [0.25, 0.3) is 22.4 Å². The van der Waals surface area contributed by atoms with Crippen LogP contribution >= 0.6 is 11.6 Å². The Labute approximate surface area is 119 Å². The van der Waals surface area contributed by atoms with Crippen LogP contribution in [0.15, 0.2) is 51.7 Å². The van der Waals surface area contributed by atoms with Crippen LogP contribution in [0.4, 0.5) is 0 Å². The van der Waals surface area contributed by atoms with Crippen LogP contribution in [0, 0.1) is 0 Å². The van der Waals surface area contributed by atoms with E-state index in [1.54, 1.807) is 49.6 Å². The molecule has 0 bridgehead atoms. The molecular weight excluding hydrogens is 278 g/mol. The number of aromatic nitrogens is 1. The highest BCUT2D eigenvalue weighted by molar-refractivity contribution is 6.31. The van der Waals surface area contributed by atoms with E-state index < -0.39 is 5.63 Å². The predicted octanol–water partition coefficient (Wildman–Crippen LogP) is 3.52. The van der Waals surface area contributed by atoms with Crippen molar-refractivity contribution < 1.29 is 9.15 Å². The van der Waals surface area contributed by atoms with Crippen LogP contribution in [0.5, 0.6) is 5.75 Å². The number of nitrogens with zero attached hydrogens (tertiary/aromatic N) is 1. The third kappa shape index (κ3) is 2.26. The second-order valence-electron chi connectivity index (χ2n) is 4.20. The maximum absolute atomic E-state index is 12.0. The van der Waals surface area contributed by atoms with Gasteiger partial charge in [-0.15, -0.1) is 0 Å². The molecule has 0 amide bonds. The zero-order valence-corrected chi connectivity index (χ0v) is 11.3. The van der Waals surface area contributed by atoms with Crippen LogP contribution in [0.1, 0.15) is 0 Å². The SMILES string of the molecule is COc1cccc(-c2nc3cc(Cl)ccc3c(=O)o2)c1. The van der Waals surface area contributed by atoms with Crippen LogP contribution in [0.3, 0.4) is 0 Å². The van der Waals surface area contributed by atoms with Crippen molar-refractivity contribution in [1.29, 1.82) is 0 Å². The second-order valence-corrected chi connectivity index (χ2v) is 4.64. The molecular formula is C15H10ClNO3. The van der Waals surface area contributed by atoms with Gasteiger partial charge in [0.25, 0.3) is 0 Å². The summed E-state index contributed by atoms with van der Waals surface area (Å²) in [6.07, 6.45) is 0. The summed E-state index contributed by atoms with van der Waals surface area (Å²) >= 11 is 5.92. The van der Waals surface area contributed by atoms with E-state index in [1.807, 2.05) is 0 Å². The highest BCUT2D eigenvalue weighted by atomic mass is 35.5. The molecule has 0 N–H and O–H groups in total. The summed E-state index contributed by atoms with van der Waals surface area (Å²) in [5.74, 6) is 0.904. The first-order chi connectivity index (χ1) is 9.67. The van der Waals surface area contributed by atoms with E-state index in [2.05, 4.69) is 4.98 Å². The van der Waals surface area contributed by atoms with Gasteiger partial charge in [-0.1, -0.05) is 17.7 Å². The minimum atomic E-state index is -0.440. The highest BCUT2D eigenvalue weighted by Gasteiger charge is 2.09. The van der Waals surface area contributed by atoms with E-state index in [0.717, 1.165) is 0 Å². The van der Waals surface area contributed by atoms with Gasteiger partial charge in [0.1, 0.15) is 5.75 Å². The highest BCUT2D eigenvalue weighted by Crippen LogP contribution is 2.23. The Morgan fingerprint density at radius 3 is 2.85 bits per heavy atom. The summed E-state index contributed by atoms with van der Waals surface area (Å²) in [4.78, 5) is 16.3. The summed E-state index contributed by atoms with van der Waals surface area (Å²) in [7, 11) is 1.57. The van der Waals surface area contributed by atoms with E-state index in [9.17, 15) is 4.79 Å². The number of hydrogen-bond acceptors (Lipinski definition) is 4. The van der Waals surface area contributed by atoms with Crippen LogP contribution < -0.4 is 10.4 Å². The lowest BCUT2D eigenvalue weighted by atomic mass is 10.2. The lowest BCUT2D eigenvalue weighted by Gasteiger charge is -2.04. The summed E-state index contributed by atoms with van der Waals surface area (Å²) in [5, 5.41) is 0.924. The molecule has 0 aliphatic rings. The molecule has 0 unspecified atom stereocenters. The van der Waals surface area contributed by atoms with Gasteiger partial charge in [0, 0.05) is 10.6 Å². The first kappa shape index (κ1) is 12.7. The average molecular weight is 288 g/mol. The van der Waals surface area contributed by atoms with Crippen molar-refractivity contribution in [2.24, 2.45) is 0 Å². The minimum Gasteiger partial charge on any atom is -0.497 e. The molecule has 0 radical (unpaired) electrons. The molecule has 100 valence electrons. The van der Waals surface area contributed by atoms with Gasteiger partial charge in [-0.25, -0.2) is 9.78 Å². The third-order valence-electron chi connectivity index (χ3n) is 2.91. The van der Waals surface area contributed by atoms with Crippen molar-refractivity contribution in [2.45, 2.75) is 0 Å². The van der Waals surface area contributed by atoms with Crippen LogP contribution in [-0.2, 0) is 0 Å². The summed E-state index contributed by atoms with van der Waals surface area (Å²) in [6, 6.07) is 12.0. The average Bonchev–Trinajstić information content (AvgIpc) is 2.46. The smallest absolute Gasteiger partial charge is 0.347 e. The summed E-state index contributed by atoms with van der Waals surface area (Å²) in [6.45, 7) is 0. The molecule has 20 heavy (non-hydrogen) atoms. The molecule has 3 aromatic rings. The molecule has 3 rings (SSSR count). The third-order valence-corrected chi connectivity index (χ3v) is 3.14. The van der Waals surface area contributed by atoms with Gasteiger partial charge in [-0.05, 0) is 36.4 Å². The minimum absolute atomic E-state index is 0.240. The van der Waals surface area contributed by atoms with Gasteiger partial charge in [-0.2, -0.15) is 0 Å². The van der Waals surface area contributed by atoms with E-state index in [1.165, 1.54) is 0 Å². The second kappa shape index (κ2) is 4.98. The molecule has 0 aliphatic carbocycles. The molecule has 0 saturated carbocycles. The van der Waals surface area contributed by atoms with E-state index >= 15 is 0 Å². The van der Waals surface area contributed by atoms with Crippen molar-refractivity contribution >= 4 is 22.5 Å². The normalized spacial score (nSPS) is 10.7. The molecule has 0 spiro atoms. The molecule has 5 heteroatoms. The molecule has 0 atom stereocenters. The first-order valence-corrected chi connectivity index (χ1v) is 6.30. The van der Waals surface area contributed by atoms with E-state index in [0.29, 0.717) is 27.2 Å². The molecule has 0 saturated heterocycles. The number of halogens is 1. The Morgan fingerprint density at radius 2 is 2.05 bits per heavy atom. The van der Waals surface area contributed by atoms with Crippen LogP contribution in [0.2, 0.25) is 5.02 Å². The van der Waals surface area contributed by atoms with Gasteiger partial charge in [0.05, 0.1) is 18.0 Å². The zero-order chi connectivity index (χ0) is 14.1. The van der Waals surface area contributed by atoms with Crippen molar-refractivity contribution in [3.8, 4) is 17.2 Å². The lowest BCUT2D eigenvalue weighted by Crippen LogP contribution is -2.02. The number of ether oxygens (including phenoxy) is 1. The Kier molecular flexibility index (Phi) is 3.16. The van der Waals surface area contributed by atoms with Gasteiger partial charge in [-0.3, -0.25) is 0 Å². The van der Waals surface area contributed by atoms with Gasteiger partial charge < -0.3 is 9.15 Å². The zero-order valence-electron chi connectivity index (χ0n) is 10.6. The topological polar surface area (TPSA) is 52.3 Å². The Hall–Kier alpha value is -2.33. The fourth-order valence-corrected chi connectivity index (χ4v) is 2.09. The van der Waals surface area contributed by atoms with E-state index in [-0.39, 0.29) is 5.89 Å². The molecule has 4 nitrogen and oxygen atoms in total.